The highest BCUT2D eigenvalue weighted by atomic mass is 19.1. The van der Waals surface area contributed by atoms with Crippen LogP contribution in [0.25, 0.3) is 0 Å². The molecule has 18 heavy (non-hydrogen) atoms. The van der Waals surface area contributed by atoms with Gasteiger partial charge in [-0.2, -0.15) is 0 Å². The first-order valence-electron chi connectivity index (χ1n) is 5.67. The van der Waals surface area contributed by atoms with Crippen molar-refractivity contribution in [2.75, 3.05) is 6.61 Å². The van der Waals surface area contributed by atoms with Crippen LogP contribution in [-0.4, -0.2) is 18.4 Å². The third-order valence-corrected chi connectivity index (χ3v) is 2.49. The SMILES string of the molecule is CCOC(=O)C(CC)C(=O)c1ccc(F)cc1F. The maximum Gasteiger partial charge on any atom is 0.316 e. The zero-order chi connectivity index (χ0) is 13.7. The average molecular weight is 256 g/mol. The van der Waals surface area contributed by atoms with E-state index in [1.165, 1.54) is 0 Å². The molecule has 1 rings (SSSR count). The molecule has 0 radical (unpaired) electrons. The number of benzene rings is 1. The molecule has 0 saturated heterocycles. The monoisotopic (exact) mass is 256 g/mol. The number of hydrogen-bond donors (Lipinski definition) is 0. The van der Waals surface area contributed by atoms with Gasteiger partial charge in [0, 0.05) is 6.07 Å². The molecule has 1 atom stereocenters. The van der Waals surface area contributed by atoms with E-state index in [2.05, 4.69) is 0 Å². The van der Waals surface area contributed by atoms with Gasteiger partial charge in [0.2, 0.25) is 0 Å². The Morgan fingerprint density at radius 3 is 2.44 bits per heavy atom. The number of carbonyl (C=O) groups is 2. The Kier molecular flexibility index (Phi) is 4.95. The average Bonchev–Trinajstić information content (AvgIpc) is 2.29. The molecule has 0 aliphatic heterocycles. The molecule has 3 nitrogen and oxygen atoms in total. The van der Waals surface area contributed by atoms with Crippen LogP contribution in [0.15, 0.2) is 18.2 Å². The Morgan fingerprint density at radius 1 is 1.28 bits per heavy atom. The summed E-state index contributed by atoms with van der Waals surface area (Å²) >= 11 is 0. The van der Waals surface area contributed by atoms with Crippen molar-refractivity contribution in [3.05, 3.63) is 35.4 Å². The first kappa shape index (κ1) is 14.3. The van der Waals surface area contributed by atoms with Crippen LogP contribution in [0.5, 0.6) is 0 Å². The highest BCUT2D eigenvalue weighted by Gasteiger charge is 2.28. The van der Waals surface area contributed by atoms with Gasteiger partial charge >= 0.3 is 5.97 Å². The number of carbonyl (C=O) groups excluding carboxylic acids is 2. The van der Waals surface area contributed by atoms with Gasteiger partial charge in [-0.3, -0.25) is 9.59 Å². The van der Waals surface area contributed by atoms with Crippen molar-refractivity contribution in [2.24, 2.45) is 5.92 Å². The van der Waals surface area contributed by atoms with Crippen LogP contribution < -0.4 is 0 Å². The quantitative estimate of drug-likeness (QED) is 0.462. The second-order valence-corrected chi connectivity index (χ2v) is 3.70. The van der Waals surface area contributed by atoms with Gasteiger partial charge < -0.3 is 4.74 Å². The van der Waals surface area contributed by atoms with E-state index in [0.29, 0.717) is 6.07 Å². The summed E-state index contributed by atoms with van der Waals surface area (Å²) in [7, 11) is 0. The normalized spacial score (nSPS) is 12.0. The predicted octanol–water partition coefficient (Wildman–Crippen LogP) is 2.74. The van der Waals surface area contributed by atoms with Gasteiger partial charge in [0.1, 0.15) is 17.6 Å². The fraction of sp³-hybridized carbons (Fsp3) is 0.385. The lowest BCUT2D eigenvalue weighted by atomic mass is 9.95. The minimum Gasteiger partial charge on any atom is -0.465 e. The molecule has 0 amide bonds. The van der Waals surface area contributed by atoms with E-state index in [-0.39, 0.29) is 18.6 Å². The lowest BCUT2D eigenvalue weighted by Crippen LogP contribution is -2.26. The number of ether oxygens (including phenoxy) is 1. The van der Waals surface area contributed by atoms with E-state index in [1.807, 2.05) is 0 Å². The Balaban J connectivity index is 3.00. The molecule has 0 aromatic heterocycles. The van der Waals surface area contributed by atoms with Gasteiger partial charge in [0.15, 0.2) is 5.78 Å². The number of hydrogen-bond acceptors (Lipinski definition) is 3. The molecule has 0 heterocycles. The molecule has 5 heteroatoms. The zero-order valence-corrected chi connectivity index (χ0v) is 10.2. The molecule has 98 valence electrons. The molecular weight excluding hydrogens is 242 g/mol. The molecule has 0 aliphatic carbocycles. The van der Waals surface area contributed by atoms with Crippen LogP contribution in [0.1, 0.15) is 30.6 Å². The zero-order valence-electron chi connectivity index (χ0n) is 10.2. The van der Waals surface area contributed by atoms with Crippen LogP contribution in [0, 0.1) is 17.6 Å². The van der Waals surface area contributed by atoms with Gasteiger partial charge in [-0.1, -0.05) is 6.92 Å². The Bertz CT molecular complexity index is 458. The third kappa shape index (κ3) is 3.12. The third-order valence-electron chi connectivity index (χ3n) is 2.49. The number of rotatable bonds is 5. The standard InChI is InChI=1S/C13H14F2O3/c1-3-9(13(17)18-4-2)12(16)10-6-5-8(14)7-11(10)15/h5-7,9H,3-4H2,1-2H3. The fourth-order valence-corrected chi connectivity index (χ4v) is 1.58. The Morgan fingerprint density at radius 2 is 1.94 bits per heavy atom. The topological polar surface area (TPSA) is 43.4 Å². The lowest BCUT2D eigenvalue weighted by molar-refractivity contribution is -0.146. The minimum atomic E-state index is -1.05. The molecule has 0 bridgehead atoms. The van der Waals surface area contributed by atoms with Gasteiger partial charge in [-0.15, -0.1) is 0 Å². The summed E-state index contributed by atoms with van der Waals surface area (Å²) in [4.78, 5) is 23.5. The van der Waals surface area contributed by atoms with Crippen LogP contribution >= 0.6 is 0 Å². The summed E-state index contributed by atoms with van der Waals surface area (Å²) in [5.41, 5.74) is -0.295. The second-order valence-electron chi connectivity index (χ2n) is 3.70. The first-order valence-corrected chi connectivity index (χ1v) is 5.67. The van der Waals surface area contributed by atoms with E-state index in [9.17, 15) is 18.4 Å². The lowest BCUT2D eigenvalue weighted by Gasteiger charge is -2.12. The summed E-state index contributed by atoms with van der Waals surface area (Å²) < 4.78 is 30.9. The summed E-state index contributed by atoms with van der Waals surface area (Å²) in [5.74, 6) is -4.16. The van der Waals surface area contributed by atoms with Crippen molar-refractivity contribution in [3.8, 4) is 0 Å². The first-order chi connectivity index (χ1) is 8.51. The number of halogens is 2. The van der Waals surface area contributed by atoms with Gasteiger partial charge in [0.05, 0.1) is 12.2 Å². The highest BCUT2D eigenvalue weighted by Crippen LogP contribution is 2.18. The number of esters is 1. The van der Waals surface area contributed by atoms with Crippen LogP contribution in [0.2, 0.25) is 0 Å². The molecule has 0 saturated carbocycles. The maximum atomic E-state index is 13.4. The van der Waals surface area contributed by atoms with E-state index in [0.717, 1.165) is 12.1 Å². The van der Waals surface area contributed by atoms with Crippen molar-refractivity contribution >= 4 is 11.8 Å². The minimum absolute atomic E-state index is 0.147. The molecule has 1 aromatic rings. The molecule has 0 fully saturated rings. The van der Waals surface area contributed by atoms with Crippen molar-refractivity contribution in [1.82, 2.24) is 0 Å². The maximum absolute atomic E-state index is 13.4. The van der Waals surface area contributed by atoms with Crippen molar-refractivity contribution < 1.29 is 23.1 Å². The smallest absolute Gasteiger partial charge is 0.316 e. The number of ketones is 1. The van der Waals surface area contributed by atoms with Crippen molar-refractivity contribution in [2.45, 2.75) is 20.3 Å². The van der Waals surface area contributed by atoms with Crippen LogP contribution in [-0.2, 0) is 9.53 Å². The van der Waals surface area contributed by atoms with Gasteiger partial charge in [-0.05, 0) is 25.5 Å². The van der Waals surface area contributed by atoms with E-state index < -0.39 is 29.3 Å². The summed E-state index contributed by atoms with van der Waals surface area (Å²) in [6.45, 7) is 3.39. The van der Waals surface area contributed by atoms with Crippen LogP contribution in [0.4, 0.5) is 8.78 Å². The van der Waals surface area contributed by atoms with Crippen LogP contribution in [0.3, 0.4) is 0 Å². The van der Waals surface area contributed by atoms with Gasteiger partial charge in [-0.25, -0.2) is 8.78 Å². The summed E-state index contributed by atoms with van der Waals surface area (Å²) in [6, 6.07) is 2.63. The largest absolute Gasteiger partial charge is 0.465 e. The van der Waals surface area contributed by atoms with Gasteiger partial charge in [0.25, 0.3) is 0 Å². The molecular formula is C13H14F2O3. The Hall–Kier alpha value is -1.78. The molecule has 1 unspecified atom stereocenters. The summed E-state index contributed by atoms with van der Waals surface area (Å²) in [6.07, 6.45) is 0.203. The molecule has 1 aromatic carbocycles. The van der Waals surface area contributed by atoms with E-state index in [4.69, 9.17) is 4.74 Å². The highest BCUT2D eigenvalue weighted by molar-refractivity contribution is 6.08. The second kappa shape index (κ2) is 6.23. The Labute approximate surface area is 104 Å². The van der Waals surface area contributed by atoms with Crippen molar-refractivity contribution in [3.63, 3.8) is 0 Å². The van der Waals surface area contributed by atoms with E-state index >= 15 is 0 Å². The fourth-order valence-electron chi connectivity index (χ4n) is 1.58. The predicted molar refractivity (Wildman–Crippen MR) is 61.1 cm³/mol. The van der Waals surface area contributed by atoms with Crippen molar-refractivity contribution in [1.29, 1.82) is 0 Å². The molecule has 0 N–H and O–H groups in total. The summed E-state index contributed by atoms with van der Waals surface area (Å²) in [5, 5.41) is 0. The number of Topliss-reactive ketones (excluding diaryl/α,β-unsaturated/α-hetero) is 1. The molecule has 0 spiro atoms. The molecule has 0 aliphatic rings. The van der Waals surface area contributed by atoms with E-state index in [1.54, 1.807) is 13.8 Å².